The minimum absolute atomic E-state index is 0.0377. The van der Waals surface area contributed by atoms with Gasteiger partial charge in [-0.05, 0) is 60.8 Å². The van der Waals surface area contributed by atoms with Gasteiger partial charge in [-0.2, -0.15) is 0 Å². The first-order chi connectivity index (χ1) is 12.1. The number of halogens is 2. The molecule has 1 aliphatic carbocycles. The Bertz CT molecular complexity index is 695. The molecule has 3 heteroatoms. The fourth-order valence-corrected chi connectivity index (χ4v) is 3.81. The largest absolute Gasteiger partial charge is 0.372 e. The molecule has 132 valence electrons. The fraction of sp³-hybridized carbons (Fsp3) is 0.364. The van der Waals surface area contributed by atoms with E-state index in [0.29, 0.717) is 11.8 Å². The first-order valence-electron chi connectivity index (χ1n) is 8.83. The van der Waals surface area contributed by atoms with Gasteiger partial charge >= 0.3 is 0 Å². The van der Waals surface area contributed by atoms with Crippen molar-refractivity contribution in [3.63, 3.8) is 0 Å². The Labute approximate surface area is 148 Å². The van der Waals surface area contributed by atoms with Crippen LogP contribution in [0.1, 0.15) is 54.4 Å². The number of hydrogen-bond donors (Lipinski definition) is 0. The van der Waals surface area contributed by atoms with E-state index in [2.05, 4.69) is 24.8 Å². The lowest BCUT2D eigenvalue weighted by Gasteiger charge is -2.27. The van der Waals surface area contributed by atoms with Crippen LogP contribution in [0.5, 0.6) is 0 Å². The fourth-order valence-electron chi connectivity index (χ4n) is 3.81. The van der Waals surface area contributed by atoms with Crippen molar-refractivity contribution in [3.8, 4) is 0 Å². The number of rotatable bonds is 5. The van der Waals surface area contributed by atoms with Crippen LogP contribution in [-0.4, -0.2) is 7.11 Å². The second-order valence-electron chi connectivity index (χ2n) is 6.77. The molecule has 0 bridgehead atoms. The van der Waals surface area contributed by atoms with Crippen molar-refractivity contribution >= 4 is 0 Å². The predicted octanol–water partition coefficient (Wildman–Crippen LogP) is 6.16. The van der Waals surface area contributed by atoms with Crippen LogP contribution >= 0.6 is 0 Å². The van der Waals surface area contributed by atoms with Crippen LogP contribution in [0.25, 0.3) is 0 Å². The van der Waals surface area contributed by atoms with Gasteiger partial charge in [0.25, 0.3) is 0 Å². The van der Waals surface area contributed by atoms with E-state index in [1.807, 2.05) is 12.1 Å². The summed E-state index contributed by atoms with van der Waals surface area (Å²) in [7, 11) is 1.47. The van der Waals surface area contributed by atoms with E-state index in [1.54, 1.807) is 0 Å². The average Bonchev–Trinajstić information content (AvgIpc) is 2.65. The third-order valence-electron chi connectivity index (χ3n) is 5.31. The SMILES string of the molecule is C=CC1CCC(c2ccc(C(OC)c3c(F)cccc3F)cc2)CC1. The van der Waals surface area contributed by atoms with Crippen LogP contribution in [0.4, 0.5) is 8.78 Å². The molecule has 0 saturated heterocycles. The maximum atomic E-state index is 14.1. The zero-order valence-electron chi connectivity index (χ0n) is 14.6. The van der Waals surface area contributed by atoms with Crippen molar-refractivity contribution in [1.29, 1.82) is 0 Å². The average molecular weight is 342 g/mol. The summed E-state index contributed by atoms with van der Waals surface area (Å²) in [5.74, 6) is 0.0196. The van der Waals surface area contributed by atoms with Crippen LogP contribution in [0.15, 0.2) is 55.1 Å². The Morgan fingerprint density at radius 2 is 1.60 bits per heavy atom. The third kappa shape index (κ3) is 3.82. The second-order valence-corrected chi connectivity index (χ2v) is 6.77. The highest BCUT2D eigenvalue weighted by Crippen LogP contribution is 2.37. The summed E-state index contributed by atoms with van der Waals surface area (Å²) in [6.45, 7) is 3.89. The van der Waals surface area contributed by atoms with E-state index >= 15 is 0 Å². The molecule has 0 N–H and O–H groups in total. The van der Waals surface area contributed by atoms with Gasteiger partial charge in [0.05, 0.1) is 5.56 Å². The quantitative estimate of drug-likeness (QED) is 0.591. The second kappa shape index (κ2) is 7.92. The molecule has 3 rings (SSSR count). The Morgan fingerprint density at radius 1 is 1.00 bits per heavy atom. The summed E-state index contributed by atoms with van der Waals surface area (Å²) < 4.78 is 33.6. The zero-order chi connectivity index (χ0) is 17.8. The van der Waals surface area contributed by atoms with E-state index < -0.39 is 17.7 Å². The third-order valence-corrected chi connectivity index (χ3v) is 5.31. The summed E-state index contributed by atoms with van der Waals surface area (Å²) in [4.78, 5) is 0. The van der Waals surface area contributed by atoms with Crippen LogP contribution in [0.2, 0.25) is 0 Å². The lowest BCUT2D eigenvalue weighted by atomic mass is 9.78. The molecule has 1 aliphatic rings. The first kappa shape index (κ1) is 17.8. The Morgan fingerprint density at radius 3 is 2.12 bits per heavy atom. The molecule has 0 heterocycles. The Balaban J connectivity index is 1.80. The lowest BCUT2D eigenvalue weighted by Crippen LogP contribution is -2.12. The lowest BCUT2D eigenvalue weighted by molar-refractivity contribution is 0.129. The molecule has 2 aromatic rings. The standard InChI is InChI=1S/C22H24F2O/c1-3-15-7-9-16(10-8-15)17-11-13-18(14-12-17)22(25-2)21-19(23)5-4-6-20(21)24/h3-6,11-16,22H,1,7-10H2,2H3. The van der Waals surface area contributed by atoms with Crippen LogP contribution in [-0.2, 0) is 4.74 Å². The molecule has 1 nitrogen and oxygen atoms in total. The highest BCUT2D eigenvalue weighted by atomic mass is 19.1. The summed E-state index contributed by atoms with van der Waals surface area (Å²) in [5.41, 5.74) is 2.01. The molecule has 0 spiro atoms. The molecular weight excluding hydrogens is 318 g/mol. The van der Waals surface area contributed by atoms with Gasteiger partial charge < -0.3 is 4.74 Å². The van der Waals surface area contributed by atoms with Gasteiger partial charge in [-0.3, -0.25) is 0 Å². The van der Waals surface area contributed by atoms with Gasteiger partial charge in [-0.1, -0.05) is 36.4 Å². The molecule has 0 radical (unpaired) electrons. The highest BCUT2D eigenvalue weighted by Gasteiger charge is 2.23. The van der Waals surface area contributed by atoms with Crippen molar-refractivity contribution in [2.75, 3.05) is 7.11 Å². The number of hydrogen-bond acceptors (Lipinski definition) is 1. The summed E-state index contributed by atoms with van der Waals surface area (Å²) in [5, 5.41) is 0. The number of allylic oxidation sites excluding steroid dienone is 1. The molecule has 1 fully saturated rings. The normalized spacial score (nSPS) is 21.7. The minimum atomic E-state index is -0.744. The van der Waals surface area contributed by atoms with Crippen LogP contribution in [0, 0.1) is 17.6 Å². The van der Waals surface area contributed by atoms with Crippen molar-refractivity contribution in [3.05, 3.63) is 83.4 Å². The van der Waals surface area contributed by atoms with Crippen LogP contribution < -0.4 is 0 Å². The number of methoxy groups -OCH3 is 1. The predicted molar refractivity (Wildman–Crippen MR) is 96.5 cm³/mol. The van der Waals surface area contributed by atoms with Gasteiger partial charge in [-0.15, -0.1) is 6.58 Å². The number of ether oxygens (including phenoxy) is 1. The molecule has 0 aliphatic heterocycles. The van der Waals surface area contributed by atoms with E-state index in [-0.39, 0.29) is 5.56 Å². The van der Waals surface area contributed by atoms with Crippen molar-refractivity contribution in [2.24, 2.45) is 5.92 Å². The summed E-state index contributed by atoms with van der Waals surface area (Å²) in [6.07, 6.45) is 5.99. The van der Waals surface area contributed by atoms with Gasteiger partial charge in [0.1, 0.15) is 17.7 Å². The maximum absolute atomic E-state index is 14.1. The van der Waals surface area contributed by atoms with Crippen molar-refractivity contribution in [2.45, 2.75) is 37.7 Å². The smallest absolute Gasteiger partial charge is 0.132 e. The summed E-state index contributed by atoms with van der Waals surface area (Å²) >= 11 is 0. The summed E-state index contributed by atoms with van der Waals surface area (Å²) in [6, 6.07) is 11.9. The van der Waals surface area contributed by atoms with Gasteiger partial charge in [0.2, 0.25) is 0 Å². The number of benzene rings is 2. The molecule has 2 aromatic carbocycles. The molecule has 0 aromatic heterocycles. The van der Waals surface area contributed by atoms with E-state index in [1.165, 1.54) is 43.7 Å². The van der Waals surface area contributed by atoms with Gasteiger partial charge in [0.15, 0.2) is 0 Å². The Hall–Kier alpha value is -2.00. The minimum Gasteiger partial charge on any atom is -0.372 e. The topological polar surface area (TPSA) is 9.23 Å². The Kier molecular flexibility index (Phi) is 5.64. The zero-order valence-corrected chi connectivity index (χ0v) is 14.6. The van der Waals surface area contributed by atoms with Crippen molar-refractivity contribution in [1.82, 2.24) is 0 Å². The van der Waals surface area contributed by atoms with Gasteiger partial charge in [-0.25, -0.2) is 8.78 Å². The molecule has 25 heavy (non-hydrogen) atoms. The highest BCUT2D eigenvalue weighted by molar-refractivity contribution is 5.35. The molecular formula is C22H24F2O. The van der Waals surface area contributed by atoms with Crippen molar-refractivity contribution < 1.29 is 13.5 Å². The molecule has 1 saturated carbocycles. The van der Waals surface area contributed by atoms with E-state index in [0.717, 1.165) is 18.4 Å². The van der Waals surface area contributed by atoms with Crippen LogP contribution in [0.3, 0.4) is 0 Å². The first-order valence-corrected chi connectivity index (χ1v) is 8.83. The van der Waals surface area contributed by atoms with E-state index in [9.17, 15) is 8.78 Å². The molecule has 0 amide bonds. The van der Waals surface area contributed by atoms with Gasteiger partial charge in [0, 0.05) is 7.11 Å². The van der Waals surface area contributed by atoms with E-state index in [4.69, 9.17) is 4.74 Å². The molecule has 1 atom stereocenters. The molecule has 1 unspecified atom stereocenters. The maximum Gasteiger partial charge on any atom is 0.132 e. The monoisotopic (exact) mass is 342 g/mol.